The summed E-state index contributed by atoms with van der Waals surface area (Å²) in [4.78, 5) is 58.0. The number of amides is 3. The first-order valence-corrected chi connectivity index (χ1v) is 13.7. The maximum atomic E-state index is 13.3. The molecule has 43 heavy (non-hydrogen) atoms. The van der Waals surface area contributed by atoms with E-state index in [1.807, 2.05) is 24.3 Å². The van der Waals surface area contributed by atoms with Crippen LogP contribution in [0.4, 0.5) is 0 Å². The Balaban J connectivity index is 1.66. The number of hydrogen-bond donors (Lipinski definition) is 9. The van der Waals surface area contributed by atoms with Crippen LogP contribution >= 0.6 is 0 Å². The number of benzene rings is 2. The lowest BCUT2D eigenvalue weighted by molar-refractivity contribution is -0.142. The van der Waals surface area contributed by atoms with Crippen LogP contribution in [-0.2, 0) is 32.0 Å². The van der Waals surface area contributed by atoms with E-state index in [2.05, 4.69) is 25.9 Å². The van der Waals surface area contributed by atoms with Crippen LogP contribution in [0.25, 0.3) is 10.9 Å². The summed E-state index contributed by atoms with van der Waals surface area (Å²) in [5.74, 6) is -3.27. The number of nitrogens with one attached hydrogen (secondary N) is 4. The molecule has 0 aliphatic heterocycles. The number of fused-ring (bicyclic) bond motifs is 1. The molecule has 0 aliphatic rings. The Labute approximate surface area is 248 Å². The number of carboxylic acids is 1. The molecule has 1 heterocycles. The van der Waals surface area contributed by atoms with Crippen LogP contribution < -0.4 is 33.2 Å². The third-order valence-electron chi connectivity index (χ3n) is 6.78. The number of phenolic OH excluding ortho intramolecular Hbond substituents is 1. The fourth-order valence-corrected chi connectivity index (χ4v) is 4.40. The molecule has 230 valence electrons. The average molecular weight is 595 g/mol. The van der Waals surface area contributed by atoms with Gasteiger partial charge in [-0.25, -0.2) is 4.79 Å². The lowest BCUT2D eigenvalue weighted by atomic mass is 10.0. The molecule has 3 aromatic rings. The predicted octanol–water partition coefficient (Wildman–Crippen LogP) is -0.401. The monoisotopic (exact) mass is 594 g/mol. The van der Waals surface area contributed by atoms with Crippen LogP contribution in [0.1, 0.15) is 30.9 Å². The second-order valence-electron chi connectivity index (χ2n) is 10.2. The number of nitrogens with zero attached hydrogens (tertiary/aromatic N) is 1. The maximum Gasteiger partial charge on any atom is 0.326 e. The number of guanidine groups is 1. The van der Waals surface area contributed by atoms with Gasteiger partial charge in [-0.1, -0.05) is 30.3 Å². The van der Waals surface area contributed by atoms with Crippen molar-refractivity contribution in [1.82, 2.24) is 20.9 Å². The van der Waals surface area contributed by atoms with Gasteiger partial charge in [-0.15, -0.1) is 0 Å². The van der Waals surface area contributed by atoms with Gasteiger partial charge in [0.15, 0.2) is 5.96 Å². The van der Waals surface area contributed by atoms with Gasteiger partial charge in [0.05, 0.1) is 6.04 Å². The van der Waals surface area contributed by atoms with Crippen molar-refractivity contribution in [2.75, 3.05) is 6.54 Å². The third-order valence-corrected chi connectivity index (χ3v) is 6.78. The van der Waals surface area contributed by atoms with Gasteiger partial charge >= 0.3 is 5.97 Å². The van der Waals surface area contributed by atoms with Crippen molar-refractivity contribution in [1.29, 1.82) is 0 Å². The van der Waals surface area contributed by atoms with E-state index in [1.54, 1.807) is 18.3 Å². The molecule has 1 aromatic heterocycles. The zero-order valence-corrected chi connectivity index (χ0v) is 23.7. The number of aromatic nitrogens is 1. The number of rotatable bonds is 15. The number of carbonyl (C=O) groups excluding carboxylic acids is 3. The molecule has 4 unspecified atom stereocenters. The third kappa shape index (κ3) is 9.74. The van der Waals surface area contributed by atoms with Crippen molar-refractivity contribution in [3.63, 3.8) is 0 Å². The fourth-order valence-electron chi connectivity index (χ4n) is 4.40. The number of hydrogen-bond acceptors (Lipinski definition) is 7. The van der Waals surface area contributed by atoms with Crippen LogP contribution in [0.2, 0.25) is 0 Å². The number of para-hydroxylation sites is 1. The van der Waals surface area contributed by atoms with Gasteiger partial charge in [0, 0.05) is 36.5 Å². The summed E-state index contributed by atoms with van der Waals surface area (Å²) in [5, 5.41) is 27.9. The quantitative estimate of drug-likeness (QED) is 0.0629. The minimum atomic E-state index is -1.25. The van der Waals surface area contributed by atoms with Crippen molar-refractivity contribution >= 4 is 40.6 Å². The Morgan fingerprint density at radius 2 is 1.58 bits per heavy atom. The Bertz CT molecular complexity index is 1450. The van der Waals surface area contributed by atoms with E-state index in [-0.39, 0.29) is 37.5 Å². The van der Waals surface area contributed by atoms with Crippen molar-refractivity contribution < 1.29 is 29.4 Å². The molecule has 14 heteroatoms. The summed E-state index contributed by atoms with van der Waals surface area (Å²) in [6.07, 6.45) is 2.43. The van der Waals surface area contributed by atoms with Crippen LogP contribution in [0.5, 0.6) is 5.75 Å². The molecular formula is C29H38N8O6. The molecule has 0 spiro atoms. The largest absolute Gasteiger partial charge is 0.508 e. The molecule has 0 radical (unpaired) electrons. The number of carbonyl (C=O) groups is 4. The van der Waals surface area contributed by atoms with E-state index >= 15 is 0 Å². The van der Waals surface area contributed by atoms with Crippen molar-refractivity contribution in [3.8, 4) is 5.75 Å². The summed E-state index contributed by atoms with van der Waals surface area (Å²) < 4.78 is 0. The highest BCUT2D eigenvalue weighted by Gasteiger charge is 2.29. The van der Waals surface area contributed by atoms with Gasteiger partial charge in [-0.05, 0) is 49.1 Å². The summed E-state index contributed by atoms with van der Waals surface area (Å²) in [6, 6.07) is 8.99. The van der Waals surface area contributed by atoms with Gasteiger partial charge in [0.2, 0.25) is 17.7 Å². The number of nitrogens with two attached hydrogens (primary N) is 3. The number of aromatic hydroxyl groups is 1. The Morgan fingerprint density at radius 1 is 0.907 bits per heavy atom. The number of carboxylic acid groups (broad SMARTS) is 1. The number of aliphatic carboxylic acids is 1. The first-order chi connectivity index (χ1) is 20.4. The Morgan fingerprint density at radius 3 is 2.26 bits per heavy atom. The lowest BCUT2D eigenvalue weighted by Crippen LogP contribution is -2.57. The Kier molecular flexibility index (Phi) is 11.5. The van der Waals surface area contributed by atoms with E-state index in [9.17, 15) is 29.4 Å². The highest BCUT2D eigenvalue weighted by Crippen LogP contribution is 2.19. The summed E-state index contributed by atoms with van der Waals surface area (Å²) >= 11 is 0. The van der Waals surface area contributed by atoms with E-state index < -0.39 is 47.9 Å². The molecule has 4 atom stereocenters. The minimum Gasteiger partial charge on any atom is -0.508 e. The van der Waals surface area contributed by atoms with Crippen LogP contribution in [0.3, 0.4) is 0 Å². The van der Waals surface area contributed by atoms with Gasteiger partial charge in [0.1, 0.15) is 23.9 Å². The van der Waals surface area contributed by atoms with E-state index in [0.29, 0.717) is 17.5 Å². The summed E-state index contributed by atoms with van der Waals surface area (Å²) in [5.41, 5.74) is 18.8. The molecule has 0 bridgehead atoms. The van der Waals surface area contributed by atoms with Gasteiger partial charge in [-0.2, -0.15) is 0 Å². The normalized spacial score (nSPS) is 13.7. The SMILES string of the molecule is CC(NC(=O)C(Cc1ccc(O)cc1)NC(=O)C(N)CCCN=C(N)N)C(=O)NC(Cc1c[nH]c2ccccc12)C(=O)O. The molecular weight excluding hydrogens is 556 g/mol. The Hall–Kier alpha value is -5.11. The first-order valence-electron chi connectivity index (χ1n) is 13.7. The standard InChI is InChI=1S/C29H38N8O6/c1-16(25(39)37-24(28(42)43)14-18-15-34-22-7-3-2-5-20(18)22)35-27(41)23(13-17-8-10-19(38)11-9-17)36-26(40)21(30)6-4-12-33-29(31)32/h2-3,5,7-11,15-16,21,23-24,34,38H,4,6,12-14,30H2,1H3,(H,35,41)(H,36,40)(H,37,39)(H,42,43)(H4,31,32,33). The molecule has 0 fully saturated rings. The van der Waals surface area contributed by atoms with Gasteiger partial charge in [-0.3, -0.25) is 19.4 Å². The molecule has 14 nitrogen and oxygen atoms in total. The predicted molar refractivity (Wildman–Crippen MR) is 161 cm³/mol. The number of aromatic amines is 1. The lowest BCUT2D eigenvalue weighted by Gasteiger charge is -2.24. The van der Waals surface area contributed by atoms with E-state index in [0.717, 1.165) is 10.9 Å². The van der Waals surface area contributed by atoms with E-state index in [4.69, 9.17) is 17.2 Å². The van der Waals surface area contributed by atoms with Gasteiger partial charge < -0.3 is 48.3 Å². The average Bonchev–Trinajstić information content (AvgIpc) is 3.37. The van der Waals surface area contributed by atoms with Crippen LogP contribution in [-0.4, -0.2) is 75.6 Å². The smallest absolute Gasteiger partial charge is 0.326 e. The maximum absolute atomic E-state index is 13.3. The minimum absolute atomic E-state index is 0.0202. The molecule has 3 rings (SSSR count). The zero-order chi connectivity index (χ0) is 31.5. The van der Waals surface area contributed by atoms with Crippen molar-refractivity contribution in [2.24, 2.45) is 22.2 Å². The zero-order valence-electron chi connectivity index (χ0n) is 23.7. The summed E-state index contributed by atoms with van der Waals surface area (Å²) in [7, 11) is 0. The second-order valence-corrected chi connectivity index (χ2v) is 10.2. The van der Waals surface area contributed by atoms with Crippen molar-refractivity contribution in [3.05, 3.63) is 65.9 Å². The topological polar surface area (TPSA) is 251 Å². The number of H-pyrrole nitrogens is 1. The first kappa shape index (κ1) is 32.4. The van der Waals surface area contributed by atoms with Crippen LogP contribution in [0, 0.1) is 0 Å². The highest BCUT2D eigenvalue weighted by molar-refractivity contribution is 5.94. The molecule has 12 N–H and O–H groups in total. The number of aliphatic imine (C=N–C) groups is 1. The highest BCUT2D eigenvalue weighted by atomic mass is 16.4. The van der Waals surface area contributed by atoms with Crippen molar-refractivity contribution in [2.45, 2.75) is 56.8 Å². The summed E-state index contributed by atoms with van der Waals surface area (Å²) in [6.45, 7) is 1.69. The van der Waals surface area contributed by atoms with Crippen LogP contribution in [0.15, 0.2) is 59.7 Å². The fraction of sp³-hybridized carbons (Fsp3) is 0.345. The second kappa shape index (κ2) is 15.2. The van der Waals surface area contributed by atoms with E-state index in [1.165, 1.54) is 19.1 Å². The van der Waals surface area contributed by atoms with Gasteiger partial charge in [0.25, 0.3) is 0 Å². The molecule has 2 aromatic carbocycles. The molecule has 0 aliphatic carbocycles. The number of phenols is 1. The molecule has 0 saturated carbocycles. The molecule has 3 amide bonds. The molecule has 0 saturated heterocycles.